The molecule has 0 saturated carbocycles. The molecule has 0 bridgehead atoms. The first-order chi connectivity index (χ1) is 9.58. The van der Waals surface area contributed by atoms with Gasteiger partial charge >= 0.3 is 0 Å². The fourth-order valence-corrected chi connectivity index (χ4v) is 2.36. The van der Waals surface area contributed by atoms with Crippen LogP contribution in [-0.4, -0.2) is 14.2 Å². The van der Waals surface area contributed by atoms with Gasteiger partial charge in [-0.05, 0) is 18.7 Å². The second-order valence-corrected chi connectivity index (χ2v) is 4.66. The van der Waals surface area contributed by atoms with Crippen molar-refractivity contribution >= 4 is 11.6 Å². The van der Waals surface area contributed by atoms with Crippen LogP contribution in [0.15, 0.2) is 36.4 Å². The molecule has 0 fully saturated rings. The van der Waals surface area contributed by atoms with Crippen molar-refractivity contribution in [2.45, 2.75) is 6.04 Å². The Morgan fingerprint density at radius 1 is 1.15 bits per heavy atom. The van der Waals surface area contributed by atoms with Gasteiger partial charge in [0.25, 0.3) is 0 Å². The van der Waals surface area contributed by atoms with Gasteiger partial charge in [0.2, 0.25) is 0 Å². The van der Waals surface area contributed by atoms with Crippen LogP contribution in [-0.2, 0) is 0 Å². The number of rotatable bonds is 4. The molecule has 0 amide bonds. The summed E-state index contributed by atoms with van der Waals surface area (Å²) in [6.07, 6.45) is 0. The Bertz CT molecular complexity index is 596. The van der Waals surface area contributed by atoms with Crippen molar-refractivity contribution in [2.75, 3.05) is 14.2 Å². The van der Waals surface area contributed by atoms with Crippen LogP contribution in [0.25, 0.3) is 0 Å². The first-order valence-electron chi connectivity index (χ1n) is 6.03. The van der Waals surface area contributed by atoms with Crippen LogP contribution in [0.3, 0.4) is 0 Å². The zero-order valence-corrected chi connectivity index (χ0v) is 11.8. The van der Waals surface area contributed by atoms with Crippen molar-refractivity contribution in [3.63, 3.8) is 0 Å². The van der Waals surface area contributed by atoms with Gasteiger partial charge in [-0.3, -0.25) is 0 Å². The number of benzene rings is 2. The average molecular weight is 298 g/mol. The van der Waals surface area contributed by atoms with Gasteiger partial charge in [-0.2, -0.15) is 0 Å². The maximum atomic E-state index is 14.1. The summed E-state index contributed by atoms with van der Waals surface area (Å²) in [4.78, 5) is 0. The largest absolute Gasteiger partial charge is 0.497 e. The van der Waals surface area contributed by atoms with Crippen molar-refractivity contribution in [2.24, 2.45) is 0 Å². The molecule has 0 saturated heterocycles. The van der Waals surface area contributed by atoms with E-state index in [1.165, 1.54) is 7.11 Å². The topological polar surface area (TPSA) is 21.3 Å². The molecule has 1 atom stereocenters. The Kier molecular flexibility index (Phi) is 4.57. The first kappa shape index (κ1) is 14.8. The van der Waals surface area contributed by atoms with Gasteiger partial charge in [0.1, 0.15) is 17.4 Å². The van der Waals surface area contributed by atoms with Crippen molar-refractivity contribution in [1.82, 2.24) is 5.32 Å². The minimum atomic E-state index is -0.680. The third kappa shape index (κ3) is 2.76. The fraction of sp³-hybridized carbons (Fsp3) is 0.200. The van der Waals surface area contributed by atoms with E-state index in [2.05, 4.69) is 5.32 Å². The lowest BCUT2D eigenvalue weighted by Gasteiger charge is -2.20. The van der Waals surface area contributed by atoms with Crippen LogP contribution >= 0.6 is 11.6 Å². The highest BCUT2D eigenvalue weighted by Gasteiger charge is 2.23. The van der Waals surface area contributed by atoms with E-state index in [-0.39, 0.29) is 11.3 Å². The van der Waals surface area contributed by atoms with Gasteiger partial charge in [0.15, 0.2) is 0 Å². The molecule has 2 rings (SSSR count). The zero-order chi connectivity index (χ0) is 14.7. The van der Waals surface area contributed by atoms with Crippen LogP contribution in [0, 0.1) is 11.6 Å². The van der Waals surface area contributed by atoms with Gasteiger partial charge < -0.3 is 10.1 Å². The minimum Gasteiger partial charge on any atom is -0.497 e. The Balaban J connectivity index is 2.56. The fourth-order valence-electron chi connectivity index (χ4n) is 2.12. The molecular weight excluding hydrogens is 284 g/mol. The second-order valence-electron chi connectivity index (χ2n) is 4.25. The lowest BCUT2D eigenvalue weighted by molar-refractivity contribution is 0.403. The third-order valence-corrected chi connectivity index (χ3v) is 3.43. The maximum Gasteiger partial charge on any atom is 0.134 e. The van der Waals surface area contributed by atoms with Crippen LogP contribution in [0.2, 0.25) is 5.02 Å². The van der Waals surface area contributed by atoms with Crippen LogP contribution in [0.4, 0.5) is 8.78 Å². The molecule has 1 unspecified atom stereocenters. The molecule has 0 heterocycles. The van der Waals surface area contributed by atoms with Crippen molar-refractivity contribution < 1.29 is 13.5 Å². The van der Waals surface area contributed by atoms with Gasteiger partial charge in [-0.1, -0.05) is 29.8 Å². The van der Waals surface area contributed by atoms with Crippen molar-refractivity contribution in [3.05, 3.63) is 64.2 Å². The van der Waals surface area contributed by atoms with Gasteiger partial charge in [-0.25, -0.2) is 8.78 Å². The molecule has 5 heteroatoms. The smallest absolute Gasteiger partial charge is 0.134 e. The molecule has 0 radical (unpaired) electrons. The normalized spacial score (nSPS) is 12.2. The number of halogens is 3. The molecule has 2 aromatic rings. The SMILES string of the molecule is CNC(c1ccccc1Cl)c1c(F)cc(OC)cc1F. The molecule has 0 aliphatic rings. The first-order valence-corrected chi connectivity index (χ1v) is 6.41. The van der Waals surface area contributed by atoms with Gasteiger partial charge in [0.05, 0.1) is 13.2 Å². The molecule has 20 heavy (non-hydrogen) atoms. The molecule has 2 aromatic carbocycles. The van der Waals surface area contributed by atoms with E-state index >= 15 is 0 Å². The predicted molar refractivity (Wildman–Crippen MR) is 75.3 cm³/mol. The van der Waals surface area contributed by atoms with Crippen LogP contribution < -0.4 is 10.1 Å². The molecule has 0 aliphatic carbocycles. The number of ether oxygens (including phenoxy) is 1. The average Bonchev–Trinajstić information content (AvgIpc) is 2.43. The van der Waals surface area contributed by atoms with Crippen LogP contribution in [0.1, 0.15) is 17.2 Å². The van der Waals surface area contributed by atoms with Crippen molar-refractivity contribution in [1.29, 1.82) is 0 Å². The van der Waals surface area contributed by atoms with Crippen molar-refractivity contribution in [3.8, 4) is 5.75 Å². The number of methoxy groups -OCH3 is 1. The molecule has 0 spiro atoms. The Morgan fingerprint density at radius 2 is 1.75 bits per heavy atom. The summed E-state index contributed by atoms with van der Waals surface area (Å²) in [5.41, 5.74) is 0.529. The molecule has 2 nitrogen and oxygen atoms in total. The number of hydrogen-bond acceptors (Lipinski definition) is 2. The van der Waals surface area contributed by atoms with E-state index in [1.807, 2.05) is 0 Å². The van der Waals surface area contributed by atoms with Crippen LogP contribution in [0.5, 0.6) is 5.75 Å². The lowest BCUT2D eigenvalue weighted by atomic mass is 9.97. The molecule has 0 aromatic heterocycles. The number of hydrogen-bond donors (Lipinski definition) is 1. The Morgan fingerprint density at radius 3 is 2.25 bits per heavy atom. The van der Waals surface area contributed by atoms with E-state index in [0.717, 1.165) is 12.1 Å². The highest BCUT2D eigenvalue weighted by molar-refractivity contribution is 6.31. The third-order valence-electron chi connectivity index (χ3n) is 3.08. The standard InChI is InChI=1S/C15H14ClF2NO/c1-19-15(10-5-3-4-6-11(10)16)14-12(17)7-9(20-2)8-13(14)18/h3-8,15,19H,1-2H3. The highest BCUT2D eigenvalue weighted by Crippen LogP contribution is 2.32. The molecule has 0 aliphatic heterocycles. The summed E-state index contributed by atoms with van der Waals surface area (Å²) in [5.74, 6) is -1.22. The summed E-state index contributed by atoms with van der Waals surface area (Å²) >= 11 is 6.10. The quantitative estimate of drug-likeness (QED) is 0.923. The van der Waals surface area contributed by atoms with Gasteiger partial charge in [-0.15, -0.1) is 0 Å². The van der Waals surface area contributed by atoms with Gasteiger partial charge in [0, 0.05) is 22.7 Å². The monoisotopic (exact) mass is 297 g/mol. The Hall–Kier alpha value is -1.65. The highest BCUT2D eigenvalue weighted by atomic mass is 35.5. The summed E-state index contributed by atoms with van der Waals surface area (Å²) in [6, 6.07) is 8.57. The maximum absolute atomic E-state index is 14.1. The lowest BCUT2D eigenvalue weighted by Crippen LogP contribution is -2.21. The summed E-state index contributed by atoms with van der Waals surface area (Å²) in [5, 5.41) is 3.34. The second kappa shape index (κ2) is 6.20. The van der Waals surface area contributed by atoms with E-state index < -0.39 is 17.7 Å². The van der Waals surface area contributed by atoms with E-state index in [0.29, 0.717) is 10.6 Å². The Labute approximate surface area is 121 Å². The predicted octanol–water partition coefficient (Wildman–Crippen LogP) is 3.94. The summed E-state index contributed by atoms with van der Waals surface area (Å²) in [6.45, 7) is 0. The summed E-state index contributed by atoms with van der Waals surface area (Å²) in [7, 11) is 2.98. The molecule has 106 valence electrons. The molecular formula is C15H14ClF2NO. The summed E-state index contributed by atoms with van der Waals surface area (Å²) < 4.78 is 33.1. The zero-order valence-electron chi connectivity index (χ0n) is 11.1. The number of nitrogens with one attached hydrogen (secondary N) is 1. The van der Waals surface area contributed by atoms with E-state index in [1.54, 1.807) is 31.3 Å². The van der Waals surface area contributed by atoms with E-state index in [9.17, 15) is 8.78 Å². The minimum absolute atomic E-state index is 0.0820. The van der Waals surface area contributed by atoms with E-state index in [4.69, 9.17) is 16.3 Å². The molecule has 1 N–H and O–H groups in total.